The van der Waals surface area contributed by atoms with Gasteiger partial charge >= 0.3 is 6.61 Å². The van der Waals surface area contributed by atoms with Gasteiger partial charge in [0.25, 0.3) is 0 Å². The third-order valence-electron chi connectivity index (χ3n) is 5.61. The van der Waals surface area contributed by atoms with Crippen LogP contribution in [0.1, 0.15) is 49.7 Å². The van der Waals surface area contributed by atoms with Crippen LogP contribution in [0.15, 0.2) is 40.2 Å². The maximum absolute atomic E-state index is 13.1. The summed E-state index contributed by atoms with van der Waals surface area (Å²) in [4.78, 5) is 2.26. The van der Waals surface area contributed by atoms with Crippen LogP contribution >= 0.6 is 0 Å². The van der Waals surface area contributed by atoms with E-state index in [1.54, 1.807) is 25.1 Å². The third kappa shape index (κ3) is 5.46. The van der Waals surface area contributed by atoms with E-state index in [1.165, 1.54) is 0 Å². The molecule has 2 aliphatic heterocycles. The van der Waals surface area contributed by atoms with Crippen molar-refractivity contribution in [3.63, 3.8) is 0 Å². The second-order valence-corrected chi connectivity index (χ2v) is 8.42. The predicted octanol–water partition coefficient (Wildman–Crippen LogP) is 3.44. The van der Waals surface area contributed by atoms with Gasteiger partial charge < -0.3 is 25.7 Å². The number of halogens is 2. The molecule has 31 heavy (non-hydrogen) atoms. The van der Waals surface area contributed by atoms with Crippen molar-refractivity contribution >= 4 is 17.4 Å². The Morgan fingerprint density at radius 1 is 1.32 bits per heavy atom. The molecule has 3 aliphatic rings. The number of piperidine rings is 1. The fraction of sp³-hybridized carbons (Fsp3) is 0.500. The zero-order valence-corrected chi connectivity index (χ0v) is 17.8. The van der Waals surface area contributed by atoms with Crippen molar-refractivity contribution in [2.24, 2.45) is 10.2 Å². The van der Waals surface area contributed by atoms with Crippen molar-refractivity contribution in [2.45, 2.75) is 51.2 Å². The Morgan fingerprint density at radius 3 is 2.81 bits per heavy atom. The molecule has 3 N–H and O–H groups in total. The normalized spacial score (nSPS) is 23.3. The Balaban J connectivity index is 1.65. The first kappa shape index (κ1) is 21.4. The molecule has 1 aromatic carbocycles. The lowest BCUT2D eigenvalue weighted by Crippen LogP contribution is -2.51. The molecule has 0 amide bonds. The largest absolute Gasteiger partial charge is 0.434 e. The standard InChI is InChI=1S/C22H28F2N6O/c1-13(25)10-18-20(28-29-22(27-18)26-16-4-3-9-30(2)12-16)17-8-7-15(14-5-6-14)11-19(17)31-21(23)24/h7-8,10-11,14,16,21,25H,3-6,9,12H2,1-2H3,(H2,26,27,29)/b18-10-,25-13?. The number of likely N-dealkylation sites (tertiary alicyclic amines) is 1. The second kappa shape index (κ2) is 9.13. The van der Waals surface area contributed by atoms with Crippen LogP contribution in [0.4, 0.5) is 8.78 Å². The minimum absolute atomic E-state index is 0.0778. The number of hydrogen-bond donors (Lipinski definition) is 3. The van der Waals surface area contributed by atoms with Crippen LogP contribution in [0.5, 0.6) is 5.75 Å². The van der Waals surface area contributed by atoms with Crippen LogP contribution in [-0.2, 0) is 0 Å². The quantitative estimate of drug-likeness (QED) is 0.604. The summed E-state index contributed by atoms with van der Waals surface area (Å²) in [5.41, 5.74) is 2.61. The van der Waals surface area contributed by atoms with E-state index in [1.807, 2.05) is 6.07 Å². The average molecular weight is 431 g/mol. The second-order valence-electron chi connectivity index (χ2n) is 8.42. The van der Waals surface area contributed by atoms with Gasteiger partial charge in [0.2, 0.25) is 5.96 Å². The molecule has 7 nitrogen and oxygen atoms in total. The highest BCUT2D eigenvalue weighted by Gasteiger charge is 2.28. The van der Waals surface area contributed by atoms with Crippen molar-refractivity contribution in [3.8, 4) is 5.75 Å². The molecule has 2 fully saturated rings. The van der Waals surface area contributed by atoms with E-state index in [0.29, 0.717) is 34.6 Å². The first-order valence-corrected chi connectivity index (χ1v) is 10.6. The number of nitrogens with zero attached hydrogens (tertiary/aromatic N) is 3. The predicted molar refractivity (Wildman–Crippen MR) is 117 cm³/mol. The number of guanidine groups is 1. The molecule has 0 aromatic heterocycles. The molecule has 1 atom stereocenters. The highest BCUT2D eigenvalue weighted by atomic mass is 19.3. The number of allylic oxidation sites excluding steroid dienone is 2. The Morgan fingerprint density at radius 2 is 2.13 bits per heavy atom. The van der Waals surface area contributed by atoms with E-state index < -0.39 is 6.61 Å². The fourth-order valence-corrected chi connectivity index (χ4v) is 4.03. The summed E-state index contributed by atoms with van der Waals surface area (Å²) in [6.07, 6.45) is 5.86. The smallest absolute Gasteiger partial charge is 0.387 e. The van der Waals surface area contributed by atoms with E-state index in [2.05, 4.69) is 32.8 Å². The molecule has 1 unspecified atom stereocenters. The van der Waals surface area contributed by atoms with Crippen LogP contribution in [0.25, 0.3) is 0 Å². The van der Waals surface area contributed by atoms with Crippen molar-refractivity contribution in [1.29, 1.82) is 5.41 Å². The number of rotatable bonds is 6. The van der Waals surface area contributed by atoms with Gasteiger partial charge in [0.15, 0.2) is 0 Å². The van der Waals surface area contributed by atoms with Gasteiger partial charge in [0.05, 0.1) is 5.70 Å². The van der Waals surface area contributed by atoms with Gasteiger partial charge in [0.1, 0.15) is 11.5 Å². The Kier molecular flexibility index (Phi) is 6.31. The highest BCUT2D eigenvalue weighted by molar-refractivity contribution is 6.19. The molecule has 0 spiro atoms. The van der Waals surface area contributed by atoms with E-state index in [-0.39, 0.29) is 11.8 Å². The van der Waals surface area contributed by atoms with Crippen LogP contribution in [-0.4, -0.2) is 55.1 Å². The minimum atomic E-state index is -2.94. The Labute approximate surface area is 180 Å². The zero-order chi connectivity index (χ0) is 22.0. The number of likely N-dealkylation sites (N-methyl/N-ethyl adjacent to an activating group) is 1. The summed E-state index contributed by atoms with van der Waals surface area (Å²) in [5, 5.41) is 23.1. The van der Waals surface area contributed by atoms with Gasteiger partial charge in [-0.2, -0.15) is 8.78 Å². The lowest BCUT2D eigenvalue weighted by atomic mass is 10.0. The van der Waals surface area contributed by atoms with E-state index in [9.17, 15) is 8.78 Å². The molecule has 9 heteroatoms. The topological polar surface area (TPSA) is 85.1 Å². The molecule has 1 aromatic rings. The summed E-state index contributed by atoms with van der Waals surface area (Å²) in [6.45, 7) is 0.678. The monoisotopic (exact) mass is 430 g/mol. The SMILES string of the molecule is CC(=N)/C=C1\NC(NC2CCCN(C)C2)=NN=C1c1ccc(C2CC2)cc1OC(F)F. The Bertz CT molecular complexity index is 938. The molecule has 2 heterocycles. The van der Waals surface area contributed by atoms with Gasteiger partial charge in [-0.05, 0) is 75.9 Å². The first-order chi connectivity index (χ1) is 14.9. The molecule has 166 valence electrons. The number of nitrogens with one attached hydrogen (secondary N) is 3. The van der Waals surface area contributed by atoms with Crippen LogP contribution in [0.3, 0.4) is 0 Å². The van der Waals surface area contributed by atoms with E-state index in [4.69, 9.17) is 10.1 Å². The maximum Gasteiger partial charge on any atom is 0.387 e. The average Bonchev–Trinajstić information content (AvgIpc) is 3.53. The summed E-state index contributed by atoms with van der Waals surface area (Å²) >= 11 is 0. The molecular weight excluding hydrogens is 402 g/mol. The number of ether oxygens (including phenoxy) is 1. The van der Waals surface area contributed by atoms with Crippen molar-refractivity contribution in [2.75, 3.05) is 20.1 Å². The van der Waals surface area contributed by atoms with E-state index >= 15 is 0 Å². The summed E-state index contributed by atoms with van der Waals surface area (Å²) in [7, 11) is 2.08. The zero-order valence-electron chi connectivity index (χ0n) is 17.8. The number of hydrogen-bond acceptors (Lipinski definition) is 7. The van der Waals surface area contributed by atoms with E-state index in [0.717, 1.165) is 44.3 Å². The van der Waals surface area contributed by atoms with Gasteiger partial charge in [-0.25, -0.2) is 0 Å². The van der Waals surface area contributed by atoms with Crippen molar-refractivity contribution in [3.05, 3.63) is 41.1 Å². The van der Waals surface area contributed by atoms with Crippen LogP contribution < -0.4 is 15.4 Å². The van der Waals surface area contributed by atoms with Crippen LogP contribution in [0.2, 0.25) is 0 Å². The molecule has 0 radical (unpaired) electrons. The maximum atomic E-state index is 13.1. The van der Waals surface area contributed by atoms with Crippen molar-refractivity contribution in [1.82, 2.24) is 15.5 Å². The molecule has 1 aliphatic carbocycles. The van der Waals surface area contributed by atoms with Gasteiger partial charge in [0, 0.05) is 23.9 Å². The molecule has 1 saturated carbocycles. The molecular formula is C22H28F2N6O. The highest BCUT2D eigenvalue weighted by Crippen LogP contribution is 2.42. The summed E-state index contributed by atoms with van der Waals surface area (Å²) in [6, 6.07) is 5.59. The number of benzene rings is 1. The summed E-state index contributed by atoms with van der Waals surface area (Å²) in [5.74, 6) is 0.971. The van der Waals surface area contributed by atoms with Gasteiger partial charge in [-0.15, -0.1) is 10.2 Å². The minimum Gasteiger partial charge on any atom is -0.434 e. The molecule has 0 bridgehead atoms. The van der Waals surface area contributed by atoms with Crippen molar-refractivity contribution < 1.29 is 13.5 Å². The fourth-order valence-electron chi connectivity index (χ4n) is 4.03. The third-order valence-corrected chi connectivity index (χ3v) is 5.61. The van der Waals surface area contributed by atoms with Crippen LogP contribution in [0, 0.1) is 5.41 Å². The Hall–Kier alpha value is -2.81. The van der Waals surface area contributed by atoms with Gasteiger partial charge in [-0.3, -0.25) is 0 Å². The molecule has 1 saturated heterocycles. The number of alkyl halides is 2. The van der Waals surface area contributed by atoms with Gasteiger partial charge in [-0.1, -0.05) is 6.07 Å². The summed E-state index contributed by atoms with van der Waals surface area (Å²) < 4.78 is 31.1. The molecule has 4 rings (SSSR count). The first-order valence-electron chi connectivity index (χ1n) is 10.6. The lowest BCUT2D eigenvalue weighted by molar-refractivity contribution is -0.0500. The lowest BCUT2D eigenvalue weighted by Gasteiger charge is -2.32.